The van der Waals surface area contributed by atoms with E-state index in [4.69, 9.17) is 0 Å². The van der Waals surface area contributed by atoms with E-state index in [2.05, 4.69) is 13.8 Å². The SMILES string of the molecule is CC[C@H]1C[C@H](C)CN([C@@H](CO)c2ccccc2)C1=O. The van der Waals surface area contributed by atoms with Crippen molar-refractivity contribution in [3.63, 3.8) is 0 Å². The molecule has 1 aromatic rings. The summed E-state index contributed by atoms with van der Waals surface area (Å²) in [5.74, 6) is 0.811. The minimum absolute atomic E-state index is 0.0150. The highest BCUT2D eigenvalue weighted by atomic mass is 16.3. The average Bonchev–Trinajstić information content (AvgIpc) is 2.44. The lowest BCUT2D eigenvalue weighted by molar-refractivity contribution is -0.144. The molecule has 3 atom stereocenters. The van der Waals surface area contributed by atoms with Crippen LogP contribution in [0.2, 0.25) is 0 Å². The van der Waals surface area contributed by atoms with Crippen molar-refractivity contribution in [2.45, 2.75) is 32.7 Å². The van der Waals surface area contributed by atoms with Crippen molar-refractivity contribution in [1.29, 1.82) is 0 Å². The highest BCUT2D eigenvalue weighted by Crippen LogP contribution is 2.31. The summed E-state index contributed by atoms with van der Waals surface area (Å²) in [6.45, 7) is 4.98. The molecule has 1 amide bonds. The molecular weight excluding hydrogens is 238 g/mol. The predicted octanol–water partition coefficient (Wildman–Crippen LogP) is 2.61. The third-order valence-electron chi connectivity index (χ3n) is 4.05. The molecule has 1 heterocycles. The highest BCUT2D eigenvalue weighted by molar-refractivity contribution is 5.80. The van der Waals surface area contributed by atoms with E-state index in [9.17, 15) is 9.90 Å². The van der Waals surface area contributed by atoms with Crippen LogP contribution in [0.25, 0.3) is 0 Å². The van der Waals surface area contributed by atoms with E-state index in [1.165, 1.54) is 0 Å². The minimum atomic E-state index is -0.203. The molecule has 0 unspecified atom stereocenters. The van der Waals surface area contributed by atoms with E-state index in [1.807, 2.05) is 35.2 Å². The number of hydrogen-bond donors (Lipinski definition) is 1. The first-order valence-electron chi connectivity index (χ1n) is 7.13. The summed E-state index contributed by atoms with van der Waals surface area (Å²) in [6, 6.07) is 9.61. The molecule has 1 fully saturated rings. The molecule has 1 aliphatic rings. The monoisotopic (exact) mass is 261 g/mol. The zero-order chi connectivity index (χ0) is 13.8. The Labute approximate surface area is 115 Å². The molecule has 1 N–H and O–H groups in total. The van der Waals surface area contributed by atoms with E-state index < -0.39 is 0 Å². The fourth-order valence-electron chi connectivity index (χ4n) is 3.00. The van der Waals surface area contributed by atoms with Crippen LogP contribution in [-0.2, 0) is 4.79 Å². The number of benzene rings is 1. The molecule has 0 spiro atoms. The Bertz CT molecular complexity index is 418. The summed E-state index contributed by atoms with van der Waals surface area (Å²) in [4.78, 5) is 14.4. The minimum Gasteiger partial charge on any atom is -0.394 e. The van der Waals surface area contributed by atoms with Crippen molar-refractivity contribution < 1.29 is 9.90 Å². The van der Waals surface area contributed by atoms with Crippen LogP contribution in [0.5, 0.6) is 0 Å². The zero-order valence-electron chi connectivity index (χ0n) is 11.7. The molecule has 0 radical (unpaired) electrons. The maximum absolute atomic E-state index is 12.5. The van der Waals surface area contributed by atoms with Gasteiger partial charge in [0.15, 0.2) is 0 Å². The van der Waals surface area contributed by atoms with Crippen LogP contribution in [0.3, 0.4) is 0 Å². The molecule has 2 rings (SSSR count). The molecule has 19 heavy (non-hydrogen) atoms. The first-order valence-corrected chi connectivity index (χ1v) is 7.13. The summed E-state index contributed by atoms with van der Waals surface area (Å²) in [7, 11) is 0. The van der Waals surface area contributed by atoms with Gasteiger partial charge in [-0.2, -0.15) is 0 Å². The maximum Gasteiger partial charge on any atom is 0.226 e. The molecule has 1 saturated heterocycles. The third-order valence-corrected chi connectivity index (χ3v) is 4.05. The number of aliphatic hydroxyl groups excluding tert-OH is 1. The van der Waals surface area contributed by atoms with Gasteiger partial charge in [-0.3, -0.25) is 4.79 Å². The van der Waals surface area contributed by atoms with Crippen molar-refractivity contribution >= 4 is 5.91 Å². The van der Waals surface area contributed by atoms with Crippen LogP contribution in [0.4, 0.5) is 0 Å². The van der Waals surface area contributed by atoms with Gasteiger partial charge in [0.25, 0.3) is 0 Å². The lowest BCUT2D eigenvalue weighted by Gasteiger charge is -2.40. The van der Waals surface area contributed by atoms with Crippen molar-refractivity contribution in [1.82, 2.24) is 4.90 Å². The van der Waals surface area contributed by atoms with Gasteiger partial charge in [-0.25, -0.2) is 0 Å². The Hall–Kier alpha value is -1.35. The van der Waals surface area contributed by atoms with Crippen molar-refractivity contribution in [2.75, 3.05) is 13.2 Å². The first-order chi connectivity index (χ1) is 9.17. The Morgan fingerprint density at radius 2 is 2.05 bits per heavy atom. The number of piperidine rings is 1. The predicted molar refractivity (Wildman–Crippen MR) is 75.5 cm³/mol. The summed E-state index contributed by atoms with van der Waals surface area (Å²) in [5.41, 5.74) is 1.02. The van der Waals surface area contributed by atoms with Crippen molar-refractivity contribution in [2.24, 2.45) is 11.8 Å². The average molecular weight is 261 g/mol. The molecule has 0 saturated carbocycles. The molecule has 104 valence electrons. The second kappa shape index (κ2) is 6.20. The van der Waals surface area contributed by atoms with E-state index in [0.29, 0.717) is 5.92 Å². The van der Waals surface area contributed by atoms with Crippen molar-refractivity contribution in [3.05, 3.63) is 35.9 Å². The van der Waals surface area contributed by atoms with Gasteiger partial charge in [0, 0.05) is 12.5 Å². The fraction of sp³-hybridized carbons (Fsp3) is 0.562. The van der Waals surface area contributed by atoms with Gasteiger partial charge >= 0.3 is 0 Å². The quantitative estimate of drug-likeness (QED) is 0.905. The normalized spacial score (nSPS) is 25.4. The maximum atomic E-state index is 12.5. The summed E-state index contributed by atoms with van der Waals surface area (Å²) >= 11 is 0. The topological polar surface area (TPSA) is 40.5 Å². The van der Waals surface area contributed by atoms with Gasteiger partial charge in [-0.05, 0) is 24.3 Å². The number of carbonyl (C=O) groups is 1. The van der Waals surface area contributed by atoms with Gasteiger partial charge in [0.1, 0.15) is 0 Å². The second-order valence-corrected chi connectivity index (χ2v) is 5.55. The standard InChI is InChI=1S/C16H23NO2/c1-3-13-9-12(2)10-17(16(13)19)15(11-18)14-7-5-4-6-8-14/h4-8,12-13,15,18H,3,9-11H2,1-2H3/t12-,13-,15-/m0/s1. The number of rotatable bonds is 4. The molecule has 3 heteroatoms. The largest absolute Gasteiger partial charge is 0.394 e. The molecule has 3 nitrogen and oxygen atoms in total. The summed E-state index contributed by atoms with van der Waals surface area (Å²) in [5, 5.41) is 9.70. The summed E-state index contributed by atoms with van der Waals surface area (Å²) < 4.78 is 0. The van der Waals surface area contributed by atoms with Gasteiger partial charge in [0.2, 0.25) is 5.91 Å². The lowest BCUT2D eigenvalue weighted by Crippen LogP contribution is -2.47. The Morgan fingerprint density at radius 3 is 2.63 bits per heavy atom. The van der Waals surface area contributed by atoms with Crippen molar-refractivity contribution in [3.8, 4) is 0 Å². The number of carbonyl (C=O) groups excluding carboxylic acids is 1. The molecule has 1 aromatic carbocycles. The van der Waals surface area contributed by atoms with Crippen LogP contribution in [0.15, 0.2) is 30.3 Å². The number of aliphatic hydroxyl groups is 1. The Balaban J connectivity index is 2.24. The van der Waals surface area contributed by atoms with Gasteiger partial charge in [-0.1, -0.05) is 44.2 Å². The number of nitrogens with zero attached hydrogens (tertiary/aromatic N) is 1. The Kier molecular flexibility index (Phi) is 4.59. The van der Waals surface area contributed by atoms with Crippen LogP contribution < -0.4 is 0 Å². The molecule has 0 aromatic heterocycles. The van der Waals surface area contributed by atoms with E-state index >= 15 is 0 Å². The second-order valence-electron chi connectivity index (χ2n) is 5.55. The fourth-order valence-corrected chi connectivity index (χ4v) is 3.00. The molecule has 0 bridgehead atoms. The van der Waals surface area contributed by atoms with Gasteiger partial charge in [0.05, 0.1) is 12.6 Å². The first kappa shape index (κ1) is 14.1. The highest BCUT2D eigenvalue weighted by Gasteiger charge is 2.35. The van der Waals surface area contributed by atoms with E-state index in [1.54, 1.807) is 0 Å². The van der Waals surface area contributed by atoms with Gasteiger partial charge in [-0.15, -0.1) is 0 Å². The lowest BCUT2D eigenvalue weighted by atomic mass is 9.86. The van der Waals surface area contributed by atoms with E-state index in [0.717, 1.165) is 24.9 Å². The van der Waals surface area contributed by atoms with E-state index in [-0.39, 0.29) is 24.5 Å². The van der Waals surface area contributed by atoms with Crippen LogP contribution >= 0.6 is 0 Å². The van der Waals surface area contributed by atoms with Crippen LogP contribution in [0, 0.1) is 11.8 Å². The molecule has 1 aliphatic heterocycles. The molecule has 0 aliphatic carbocycles. The Morgan fingerprint density at radius 1 is 1.37 bits per heavy atom. The van der Waals surface area contributed by atoms with Crippen LogP contribution in [-0.4, -0.2) is 29.1 Å². The zero-order valence-corrected chi connectivity index (χ0v) is 11.7. The number of amides is 1. The summed E-state index contributed by atoms with van der Waals surface area (Å²) in [6.07, 6.45) is 1.85. The number of likely N-dealkylation sites (tertiary alicyclic amines) is 1. The number of hydrogen-bond acceptors (Lipinski definition) is 2. The smallest absolute Gasteiger partial charge is 0.226 e. The van der Waals surface area contributed by atoms with Gasteiger partial charge < -0.3 is 10.0 Å². The third kappa shape index (κ3) is 2.98. The van der Waals surface area contributed by atoms with Crippen LogP contribution in [0.1, 0.15) is 38.3 Å². The molecular formula is C16H23NO2.